The van der Waals surface area contributed by atoms with Crippen LogP contribution in [-0.2, 0) is 19.9 Å². The SMILES string of the molecule is COC(=O)[C@@H]1C[C@@](OC)(c2ccccc2)CN1. The lowest BCUT2D eigenvalue weighted by molar-refractivity contribution is -0.143. The molecule has 92 valence electrons. The van der Waals surface area contributed by atoms with Crippen LogP contribution in [0, 0.1) is 0 Å². The number of carbonyl (C=O) groups excluding carboxylic acids is 1. The van der Waals surface area contributed by atoms with E-state index < -0.39 is 5.60 Å². The van der Waals surface area contributed by atoms with Gasteiger partial charge in [0, 0.05) is 20.1 Å². The quantitative estimate of drug-likeness (QED) is 0.796. The fourth-order valence-corrected chi connectivity index (χ4v) is 2.31. The van der Waals surface area contributed by atoms with Crippen LogP contribution in [0.1, 0.15) is 12.0 Å². The van der Waals surface area contributed by atoms with Crippen molar-refractivity contribution >= 4 is 5.97 Å². The fourth-order valence-electron chi connectivity index (χ4n) is 2.31. The molecule has 0 aliphatic carbocycles. The second kappa shape index (κ2) is 4.85. The summed E-state index contributed by atoms with van der Waals surface area (Å²) in [5.41, 5.74) is 0.654. The largest absolute Gasteiger partial charge is 0.468 e. The standard InChI is InChI=1S/C13H17NO3/c1-16-12(15)11-8-13(17-2,9-14-11)10-6-4-3-5-7-10/h3-7,11,14H,8-9H2,1-2H3/t11-,13-/m0/s1. The van der Waals surface area contributed by atoms with E-state index in [1.807, 2.05) is 30.3 Å². The molecule has 1 aromatic rings. The van der Waals surface area contributed by atoms with Crippen molar-refractivity contribution in [3.05, 3.63) is 35.9 Å². The van der Waals surface area contributed by atoms with E-state index in [4.69, 9.17) is 9.47 Å². The Kier molecular flexibility index (Phi) is 3.45. The Morgan fingerprint density at radius 1 is 1.35 bits per heavy atom. The number of hydrogen-bond acceptors (Lipinski definition) is 4. The van der Waals surface area contributed by atoms with Crippen molar-refractivity contribution in [3.8, 4) is 0 Å². The second-order valence-electron chi connectivity index (χ2n) is 4.23. The van der Waals surface area contributed by atoms with Crippen LogP contribution in [0.5, 0.6) is 0 Å². The highest BCUT2D eigenvalue weighted by atomic mass is 16.5. The van der Waals surface area contributed by atoms with E-state index in [0.717, 1.165) is 5.56 Å². The number of hydrogen-bond donors (Lipinski definition) is 1. The molecule has 17 heavy (non-hydrogen) atoms. The van der Waals surface area contributed by atoms with Gasteiger partial charge < -0.3 is 14.8 Å². The van der Waals surface area contributed by atoms with Gasteiger partial charge in [0.1, 0.15) is 11.6 Å². The van der Waals surface area contributed by atoms with Gasteiger partial charge in [-0.15, -0.1) is 0 Å². The molecule has 0 amide bonds. The van der Waals surface area contributed by atoms with E-state index in [1.165, 1.54) is 7.11 Å². The molecule has 1 aliphatic heterocycles. The first-order valence-corrected chi connectivity index (χ1v) is 5.64. The van der Waals surface area contributed by atoms with Gasteiger partial charge in [0.05, 0.1) is 7.11 Å². The van der Waals surface area contributed by atoms with Crippen LogP contribution in [0.2, 0.25) is 0 Å². The Labute approximate surface area is 101 Å². The van der Waals surface area contributed by atoms with Crippen LogP contribution in [0.3, 0.4) is 0 Å². The van der Waals surface area contributed by atoms with E-state index in [0.29, 0.717) is 13.0 Å². The van der Waals surface area contributed by atoms with Gasteiger partial charge in [-0.05, 0) is 5.56 Å². The summed E-state index contributed by atoms with van der Waals surface area (Å²) in [5.74, 6) is -0.236. The molecule has 1 saturated heterocycles. The monoisotopic (exact) mass is 235 g/mol. The van der Waals surface area contributed by atoms with Crippen molar-refractivity contribution in [1.82, 2.24) is 5.32 Å². The number of nitrogens with one attached hydrogen (secondary N) is 1. The zero-order valence-electron chi connectivity index (χ0n) is 10.1. The normalized spacial score (nSPS) is 28.0. The van der Waals surface area contributed by atoms with Gasteiger partial charge >= 0.3 is 5.97 Å². The number of carbonyl (C=O) groups is 1. The van der Waals surface area contributed by atoms with Crippen LogP contribution in [0.15, 0.2) is 30.3 Å². The number of rotatable bonds is 3. The van der Waals surface area contributed by atoms with Crippen LogP contribution in [0.4, 0.5) is 0 Å². The summed E-state index contributed by atoms with van der Waals surface area (Å²) < 4.78 is 10.4. The molecular weight excluding hydrogens is 218 g/mol. The first-order chi connectivity index (χ1) is 8.22. The van der Waals surface area contributed by atoms with E-state index in [9.17, 15) is 4.79 Å². The molecule has 2 atom stereocenters. The lowest BCUT2D eigenvalue weighted by atomic mass is 9.91. The Hall–Kier alpha value is -1.39. The minimum atomic E-state index is -0.430. The molecule has 0 radical (unpaired) electrons. The maximum absolute atomic E-state index is 11.5. The second-order valence-corrected chi connectivity index (χ2v) is 4.23. The molecule has 2 rings (SSSR count). The molecule has 1 fully saturated rings. The highest BCUT2D eigenvalue weighted by Gasteiger charge is 2.43. The third kappa shape index (κ3) is 2.18. The lowest BCUT2D eigenvalue weighted by Gasteiger charge is -2.27. The Morgan fingerprint density at radius 2 is 2.06 bits per heavy atom. The van der Waals surface area contributed by atoms with E-state index in [1.54, 1.807) is 7.11 Å². The minimum Gasteiger partial charge on any atom is -0.468 e. The molecule has 1 N–H and O–H groups in total. The van der Waals surface area contributed by atoms with Crippen LogP contribution in [0.25, 0.3) is 0 Å². The summed E-state index contributed by atoms with van der Waals surface area (Å²) in [7, 11) is 3.08. The first-order valence-electron chi connectivity index (χ1n) is 5.64. The molecule has 0 spiro atoms. The Balaban J connectivity index is 2.21. The average Bonchev–Trinajstić information content (AvgIpc) is 2.84. The van der Waals surface area contributed by atoms with Gasteiger partial charge in [-0.2, -0.15) is 0 Å². The van der Waals surface area contributed by atoms with E-state index in [2.05, 4.69) is 5.32 Å². The molecule has 0 bridgehead atoms. The highest BCUT2D eigenvalue weighted by Crippen LogP contribution is 2.34. The topological polar surface area (TPSA) is 47.6 Å². The van der Waals surface area contributed by atoms with Gasteiger partial charge in [0.15, 0.2) is 0 Å². The maximum atomic E-state index is 11.5. The zero-order chi connectivity index (χ0) is 12.3. The van der Waals surface area contributed by atoms with Crippen molar-refractivity contribution < 1.29 is 14.3 Å². The molecular formula is C13H17NO3. The molecule has 1 aliphatic rings. The van der Waals surface area contributed by atoms with Gasteiger partial charge in [0.25, 0.3) is 0 Å². The third-order valence-corrected chi connectivity index (χ3v) is 3.34. The summed E-state index contributed by atoms with van der Waals surface area (Å²) in [6, 6.07) is 9.66. The summed E-state index contributed by atoms with van der Waals surface area (Å²) >= 11 is 0. The zero-order valence-corrected chi connectivity index (χ0v) is 10.1. The summed E-state index contributed by atoms with van der Waals surface area (Å²) in [6.07, 6.45) is 0.597. The average molecular weight is 235 g/mol. The molecule has 4 nitrogen and oxygen atoms in total. The highest BCUT2D eigenvalue weighted by molar-refractivity contribution is 5.76. The molecule has 0 aromatic heterocycles. The van der Waals surface area contributed by atoms with Gasteiger partial charge in [-0.25, -0.2) is 0 Å². The fraction of sp³-hybridized carbons (Fsp3) is 0.462. The van der Waals surface area contributed by atoms with Crippen molar-refractivity contribution in [3.63, 3.8) is 0 Å². The van der Waals surface area contributed by atoms with Crippen molar-refractivity contribution in [2.75, 3.05) is 20.8 Å². The predicted octanol–water partition coefficient (Wildman–Crippen LogP) is 1.06. The summed E-state index contributed by atoms with van der Waals surface area (Å²) in [5, 5.41) is 3.15. The van der Waals surface area contributed by atoms with Crippen LogP contribution in [-0.4, -0.2) is 32.8 Å². The van der Waals surface area contributed by atoms with E-state index in [-0.39, 0.29) is 12.0 Å². The van der Waals surface area contributed by atoms with Crippen molar-refractivity contribution in [2.24, 2.45) is 0 Å². The van der Waals surface area contributed by atoms with Crippen LogP contribution < -0.4 is 5.32 Å². The molecule has 0 saturated carbocycles. The third-order valence-electron chi connectivity index (χ3n) is 3.34. The van der Waals surface area contributed by atoms with Gasteiger partial charge in [-0.1, -0.05) is 30.3 Å². The van der Waals surface area contributed by atoms with Crippen molar-refractivity contribution in [2.45, 2.75) is 18.1 Å². The first kappa shape index (κ1) is 12.1. The number of esters is 1. The summed E-state index contributed by atoms with van der Waals surface area (Å²) in [6.45, 7) is 0.618. The van der Waals surface area contributed by atoms with E-state index >= 15 is 0 Å². The number of benzene rings is 1. The minimum absolute atomic E-state index is 0.236. The van der Waals surface area contributed by atoms with Crippen molar-refractivity contribution in [1.29, 1.82) is 0 Å². The smallest absolute Gasteiger partial charge is 0.322 e. The maximum Gasteiger partial charge on any atom is 0.322 e. The predicted molar refractivity (Wildman–Crippen MR) is 63.6 cm³/mol. The Morgan fingerprint density at radius 3 is 2.65 bits per heavy atom. The lowest BCUT2D eigenvalue weighted by Crippen LogP contribution is -2.31. The molecule has 0 unspecified atom stereocenters. The van der Waals surface area contributed by atoms with Crippen LogP contribution >= 0.6 is 0 Å². The van der Waals surface area contributed by atoms with Gasteiger partial charge in [0.2, 0.25) is 0 Å². The molecule has 4 heteroatoms. The van der Waals surface area contributed by atoms with Gasteiger partial charge in [-0.3, -0.25) is 4.79 Å². The molecule has 1 aromatic carbocycles. The number of methoxy groups -OCH3 is 2. The number of ether oxygens (including phenoxy) is 2. The summed E-state index contributed by atoms with van der Waals surface area (Å²) in [4.78, 5) is 11.5. The Bertz CT molecular complexity index is 393. The molecule has 1 heterocycles.